The number of benzene rings is 4. The van der Waals surface area contributed by atoms with Gasteiger partial charge in [-0.05, 0) is 66.1 Å². The molecular weight excluding hydrogens is 532 g/mol. The first-order chi connectivity index (χ1) is 19.0. The SMILES string of the molecule is C[C@H](Oc1ccc(-c2ccccc2)cc1)C(=O)N/N=C\c1ccc(OC(=O)c2sc3ccccc3c2Cl)cc1. The second kappa shape index (κ2) is 11.9. The Hall–Kier alpha value is -4.46. The maximum absolute atomic E-state index is 12.6. The third kappa shape index (κ3) is 6.34. The van der Waals surface area contributed by atoms with Crippen LogP contribution in [0, 0.1) is 0 Å². The number of esters is 1. The van der Waals surface area contributed by atoms with Gasteiger partial charge < -0.3 is 9.47 Å². The van der Waals surface area contributed by atoms with E-state index in [1.54, 1.807) is 31.2 Å². The maximum Gasteiger partial charge on any atom is 0.355 e. The van der Waals surface area contributed by atoms with Gasteiger partial charge in [0.25, 0.3) is 5.91 Å². The third-order valence-corrected chi connectivity index (χ3v) is 7.50. The Morgan fingerprint density at radius 2 is 1.49 bits per heavy atom. The molecule has 0 saturated heterocycles. The Balaban J connectivity index is 1.12. The number of thiophene rings is 1. The van der Waals surface area contributed by atoms with Crippen molar-refractivity contribution in [2.75, 3.05) is 0 Å². The average Bonchev–Trinajstić information content (AvgIpc) is 3.31. The monoisotopic (exact) mass is 554 g/mol. The van der Waals surface area contributed by atoms with Gasteiger partial charge in [-0.3, -0.25) is 4.79 Å². The predicted octanol–water partition coefficient (Wildman–Crippen LogP) is 7.36. The van der Waals surface area contributed by atoms with Crippen LogP contribution in [0.25, 0.3) is 21.2 Å². The molecule has 1 amide bonds. The molecule has 0 bridgehead atoms. The van der Waals surface area contributed by atoms with E-state index < -0.39 is 12.1 Å². The van der Waals surface area contributed by atoms with Gasteiger partial charge in [0.05, 0.1) is 11.2 Å². The third-order valence-electron chi connectivity index (χ3n) is 5.84. The molecule has 0 saturated carbocycles. The summed E-state index contributed by atoms with van der Waals surface area (Å²) in [5.41, 5.74) is 5.36. The summed E-state index contributed by atoms with van der Waals surface area (Å²) in [4.78, 5) is 25.4. The summed E-state index contributed by atoms with van der Waals surface area (Å²) in [5, 5.41) is 5.22. The molecule has 1 heterocycles. The molecule has 0 aliphatic carbocycles. The van der Waals surface area contributed by atoms with Crippen LogP contribution in [0.2, 0.25) is 5.02 Å². The number of amides is 1. The molecule has 194 valence electrons. The molecule has 0 spiro atoms. The predicted molar refractivity (Wildman–Crippen MR) is 156 cm³/mol. The number of nitrogens with zero attached hydrogens (tertiary/aromatic N) is 1. The van der Waals surface area contributed by atoms with Crippen LogP contribution in [0.5, 0.6) is 11.5 Å². The molecule has 8 heteroatoms. The van der Waals surface area contributed by atoms with Crippen molar-refractivity contribution >= 4 is 51.1 Å². The first-order valence-corrected chi connectivity index (χ1v) is 13.3. The number of hydrazone groups is 1. The van der Waals surface area contributed by atoms with Gasteiger partial charge in [-0.2, -0.15) is 5.10 Å². The van der Waals surface area contributed by atoms with Crippen molar-refractivity contribution in [3.8, 4) is 22.6 Å². The largest absolute Gasteiger partial charge is 0.481 e. The fourth-order valence-electron chi connectivity index (χ4n) is 3.80. The lowest BCUT2D eigenvalue weighted by atomic mass is 10.1. The van der Waals surface area contributed by atoms with Crippen LogP contribution in [-0.2, 0) is 4.79 Å². The number of ether oxygens (including phenoxy) is 2. The molecule has 0 unspecified atom stereocenters. The van der Waals surface area contributed by atoms with Crippen molar-refractivity contribution < 1.29 is 19.1 Å². The standard InChI is InChI=1S/C31H23ClN2O4S/c1-20(37-24-17-13-23(14-18-24)22-7-3-2-4-8-22)30(35)34-33-19-21-11-15-25(16-12-21)38-31(36)29-28(32)26-9-5-6-10-27(26)39-29/h2-20H,1H3,(H,34,35)/b33-19-/t20-/m0/s1. The Morgan fingerprint density at radius 3 is 2.21 bits per heavy atom. The molecule has 39 heavy (non-hydrogen) atoms. The first kappa shape index (κ1) is 26.2. The van der Waals surface area contributed by atoms with E-state index in [0.29, 0.717) is 27.0 Å². The van der Waals surface area contributed by atoms with E-state index in [1.165, 1.54) is 17.6 Å². The summed E-state index contributed by atoms with van der Waals surface area (Å²) in [6.45, 7) is 1.65. The number of hydrogen-bond acceptors (Lipinski definition) is 6. The molecule has 0 fully saturated rings. The Labute approximate surface area is 234 Å². The van der Waals surface area contributed by atoms with Crippen molar-refractivity contribution in [1.82, 2.24) is 5.43 Å². The lowest BCUT2D eigenvalue weighted by Gasteiger charge is -2.13. The highest BCUT2D eigenvalue weighted by atomic mass is 35.5. The Kier molecular flexibility index (Phi) is 8.01. The Morgan fingerprint density at radius 1 is 0.846 bits per heavy atom. The van der Waals surface area contributed by atoms with Gasteiger partial charge in [0.2, 0.25) is 0 Å². The van der Waals surface area contributed by atoms with Crippen LogP contribution in [0.4, 0.5) is 0 Å². The van der Waals surface area contributed by atoms with E-state index in [2.05, 4.69) is 10.5 Å². The minimum atomic E-state index is -0.743. The summed E-state index contributed by atoms with van der Waals surface area (Å²) in [6.07, 6.45) is 0.750. The molecule has 0 aliphatic rings. The highest BCUT2D eigenvalue weighted by Gasteiger charge is 2.19. The minimum Gasteiger partial charge on any atom is -0.481 e. The van der Waals surface area contributed by atoms with Gasteiger partial charge in [0.1, 0.15) is 16.4 Å². The van der Waals surface area contributed by atoms with Gasteiger partial charge in [-0.25, -0.2) is 10.2 Å². The van der Waals surface area contributed by atoms with E-state index in [1.807, 2.05) is 78.9 Å². The van der Waals surface area contributed by atoms with E-state index in [-0.39, 0.29) is 5.91 Å². The van der Waals surface area contributed by atoms with E-state index >= 15 is 0 Å². The van der Waals surface area contributed by atoms with Crippen LogP contribution in [-0.4, -0.2) is 24.2 Å². The molecule has 6 nitrogen and oxygen atoms in total. The van der Waals surface area contributed by atoms with Crippen LogP contribution in [0.1, 0.15) is 22.2 Å². The molecule has 1 aromatic heterocycles. The van der Waals surface area contributed by atoms with Gasteiger partial charge in [-0.1, -0.05) is 72.3 Å². The highest BCUT2D eigenvalue weighted by Crippen LogP contribution is 2.35. The summed E-state index contributed by atoms with van der Waals surface area (Å²) in [7, 11) is 0. The molecule has 4 aromatic carbocycles. The fraction of sp³-hybridized carbons (Fsp3) is 0.0645. The van der Waals surface area contributed by atoms with E-state index in [9.17, 15) is 9.59 Å². The lowest BCUT2D eigenvalue weighted by Crippen LogP contribution is -2.33. The second-order valence-electron chi connectivity index (χ2n) is 8.58. The van der Waals surface area contributed by atoms with Gasteiger partial charge >= 0.3 is 5.97 Å². The zero-order valence-corrected chi connectivity index (χ0v) is 22.4. The molecule has 0 aliphatic heterocycles. The zero-order chi connectivity index (χ0) is 27.2. The first-order valence-electron chi connectivity index (χ1n) is 12.1. The van der Waals surface area contributed by atoms with Crippen LogP contribution >= 0.6 is 22.9 Å². The topological polar surface area (TPSA) is 77.0 Å². The maximum atomic E-state index is 12.6. The number of nitrogens with one attached hydrogen (secondary N) is 1. The normalized spacial score (nSPS) is 11.8. The number of rotatable bonds is 8. The number of hydrogen-bond donors (Lipinski definition) is 1. The van der Waals surface area contributed by atoms with Gasteiger partial charge in [0.15, 0.2) is 6.10 Å². The van der Waals surface area contributed by atoms with Gasteiger partial charge in [-0.15, -0.1) is 11.3 Å². The fourth-order valence-corrected chi connectivity index (χ4v) is 5.18. The smallest absolute Gasteiger partial charge is 0.355 e. The number of halogens is 1. The van der Waals surface area contributed by atoms with Crippen molar-refractivity contribution in [2.45, 2.75) is 13.0 Å². The molecule has 5 rings (SSSR count). The van der Waals surface area contributed by atoms with Crippen LogP contribution < -0.4 is 14.9 Å². The van der Waals surface area contributed by atoms with Crippen molar-refractivity contribution in [3.63, 3.8) is 0 Å². The highest BCUT2D eigenvalue weighted by molar-refractivity contribution is 7.21. The molecule has 1 atom stereocenters. The summed E-state index contributed by atoms with van der Waals surface area (Å²) < 4.78 is 12.1. The number of fused-ring (bicyclic) bond motifs is 1. The zero-order valence-electron chi connectivity index (χ0n) is 20.8. The van der Waals surface area contributed by atoms with Gasteiger partial charge in [0, 0.05) is 10.1 Å². The molecule has 0 radical (unpaired) electrons. The Bertz CT molecular complexity index is 1630. The second-order valence-corrected chi connectivity index (χ2v) is 10.0. The van der Waals surface area contributed by atoms with Crippen molar-refractivity contribution in [3.05, 3.63) is 119 Å². The minimum absolute atomic E-state index is 0.356. The molecule has 5 aromatic rings. The van der Waals surface area contributed by atoms with Crippen molar-refractivity contribution in [2.24, 2.45) is 5.10 Å². The van der Waals surface area contributed by atoms with E-state index in [4.69, 9.17) is 21.1 Å². The lowest BCUT2D eigenvalue weighted by molar-refractivity contribution is -0.127. The van der Waals surface area contributed by atoms with Crippen molar-refractivity contribution in [1.29, 1.82) is 0 Å². The molecular formula is C31H23ClN2O4S. The summed E-state index contributed by atoms with van der Waals surface area (Å²) >= 11 is 7.66. The van der Waals surface area contributed by atoms with E-state index in [0.717, 1.165) is 21.2 Å². The molecule has 1 N–H and O–H groups in total. The summed E-state index contributed by atoms with van der Waals surface area (Å²) in [5.74, 6) is 0.0566. The summed E-state index contributed by atoms with van der Waals surface area (Å²) in [6, 6.07) is 31.9. The number of carbonyl (C=O) groups is 2. The average molecular weight is 555 g/mol. The number of carbonyl (C=O) groups excluding carboxylic acids is 2. The van der Waals surface area contributed by atoms with Crippen LogP contribution in [0.3, 0.4) is 0 Å². The quantitative estimate of drug-likeness (QED) is 0.0940. The van der Waals surface area contributed by atoms with Crippen LogP contribution in [0.15, 0.2) is 108 Å².